The van der Waals surface area contributed by atoms with Crippen LogP contribution in [0.1, 0.15) is 55.3 Å². The van der Waals surface area contributed by atoms with Crippen LogP contribution in [0.4, 0.5) is 0 Å². The predicted octanol–water partition coefficient (Wildman–Crippen LogP) is 5.40. The van der Waals surface area contributed by atoms with Gasteiger partial charge in [0.15, 0.2) is 0 Å². The largest absolute Gasteiger partial charge is 0.359 e. The highest BCUT2D eigenvalue weighted by molar-refractivity contribution is 7.18. The fraction of sp³-hybridized carbons (Fsp3) is 0.323. The molecular formula is C31H35N7O2S. The zero-order valence-corrected chi connectivity index (χ0v) is 24.0. The molecule has 1 atom stereocenters. The number of rotatable bonds is 14. The summed E-state index contributed by atoms with van der Waals surface area (Å²) < 4.78 is 2.96. The van der Waals surface area contributed by atoms with Crippen molar-refractivity contribution in [2.75, 3.05) is 13.6 Å². The number of thiazole rings is 1. The normalized spacial score (nSPS) is 11.9. The van der Waals surface area contributed by atoms with E-state index < -0.39 is 0 Å². The maximum Gasteiger partial charge on any atom is 0.220 e. The van der Waals surface area contributed by atoms with Crippen molar-refractivity contribution in [1.29, 1.82) is 0 Å². The summed E-state index contributed by atoms with van der Waals surface area (Å²) in [6.45, 7) is 0.499. The minimum absolute atomic E-state index is 0.00913. The Hall–Kier alpha value is -4.31. The number of hydrogen-bond donors (Lipinski definition) is 3. The molecule has 3 heterocycles. The van der Waals surface area contributed by atoms with Crippen LogP contribution in [0.15, 0.2) is 73.2 Å². The minimum atomic E-state index is 0.00913. The third-order valence-electron chi connectivity index (χ3n) is 7.11. The van der Waals surface area contributed by atoms with E-state index in [0.717, 1.165) is 63.7 Å². The first-order chi connectivity index (χ1) is 20.1. The molecule has 0 fully saturated rings. The van der Waals surface area contributed by atoms with Gasteiger partial charge in [0.1, 0.15) is 5.82 Å². The van der Waals surface area contributed by atoms with E-state index in [1.165, 1.54) is 0 Å². The van der Waals surface area contributed by atoms with E-state index in [-0.39, 0.29) is 17.7 Å². The smallest absolute Gasteiger partial charge is 0.220 e. The van der Waals surface area contributed by atoms with Gasteiger partial charge < -0.3 is 15.6 Å². The molecule has 10 heteroatoms. The zero-order valence-electron chi connectivity index (χ0n) is 23.2. The number of para-hydroxylation sites is 1. The van der Waals surface area contributed by atoms with E-state index in [2.05, 4.69) is 31.8 Å². The number of amides is 2. The van der Waals surface area contributed by atoms with Gasteiger partial charge in [-0.2, -0.15) is 5.10 Å². The Bertz CT molecular complexity index is 1520. The maximum absolute atomic E-state index is 12.8. The van der Waals surface area contributed by atoms with Gasteiger partial charge in [-0.15, -0.1) is 11.3 Å². The highest BCUT2D eigenvalue weighted by atomic mass is 32.1. The number of nitrogens with zero attached hydrogens (tertiary/aromatic N) is 4. The van der Waals surface area contributed by atoms with Crippen LogP contribution in [0.5, 0.6) is 0 Å². The van der Waals surface area contributed by atoms with E-state index in [4.69, 9.17) is 4.98 Å². The Labute approximate surface area is 243 Å². The number of hydrogen-bond acceptors (Lipinski definition) is 6. The first kappa shape index (κ1) is 28.2. The highest BCUT2D eigenvalue weighted by Gasteiger charge is 2.18. The molecule has 0 aliphatic rings. The molecular weight excluding hydrogens is 534 g/mol. The van der Waals surface area contributed by atoms with Gasteiger partial charge in [0.2, 0.25) is 11.8 Å². The fourth-order valence-electron chi connectivity index (χ4n) is 4.79. The molecule has 2 aromatic carbocycles. The van der Waals surface area contributed by atoms with Gasteiger partial charge in [0.05, 0.1) is 32.8 Å². The number of nitrogens with one attached hydrogen (secondary N) is 3. The first-order valence-corrected chi connectivity index (χ1v) is 14.9. The summed E-state index contributed by atoms with van der Waals surface area (Å²) in [5.74, 6) is 0.971. The second-order valence-corrected chi connectivity index (χ2v) is 11.1. The van der Waals surface area contributed by atoms with Crippen molar-refractivity contribution in [2.24, 2.45) is 0 Å². The average Bonchev–Trinajstić information content (AvgIpc) is 3.78. The van der Waals surface area contributed by atoms with E-state index in [1.807, 2.05) is 65.6 Å². The molecule has 212 valence electrons. The topological polar surface area (TPSA) is 118 Å². The van der Waals surface area contributed by atoms with Crippen molar-refractivity contribution < 1.29 is 9.59 Å². The quantitative estimate of drug-likeness (QED) is 0.155. The number of carbonyl (C=O) groups excluding carboxylic acids is 2. The molecule has 9 nitrogen and oxygen atoms in total. The second-order valence-electron chi connectivity index (χ2n) is 10.0. The average molecular weight is 570 g/mol. The lowest BCUT2D eigenvalue weighted by molar-refractivity contribution is -0.121. The number of carbonyl (C=O) groups is 2. The Morgan fingerprint density at radius 3 is 2.63 bits per heavy atom. The van der Waals surface area contributed by atoms with Gasteiger partial charge in [-0.1, -0.05) is 37.1 Å². The highest BCUT2D eigenvalue weighted by Crippen LogP contribution is 2.25. The number of aromatic amines is 1. The molecule has 0 saturated heterocycles. The lowest BCUT2D eigenvalue weighted by Crippen LogP contribution is -2.29. The van der Waals surface area contributed by atoms with Crippen LogP contribution < -0.4 is 10.6 Å². The molecule has 0 aliphatic heterocycles. The molecule has 5 aromatic rings. The number of benzene rings is 2. The molecule has 3 N–H and O–H groups in total. The number of aryl methyl sites for hydroxylation is 1. The Morgan fingerprint density at radius 1 is 1.00 bits per heavy atom. The van der Waals surface area contributed by atoms with Gasteiger partial charge in [0, 0.05) is 51.2 Å². The molecule has 41 heavy (non-hydrogen) atoms. The van der Waals surface area contributed by atoms with Crippen LogP contribution in [0.25, 0.3) is 27.2 Å². The van der Waals surface area contributed by atoms with Gasteiger partial charge in [0.25, 0.3) is 0 Å². The van der Waals surface area contributed by atoms with Gasteiger partial charge in [-0.25, -0.2) is 14.6 Å². The summed E-state index contributed by atoms with van der Waals surface area (Å²) >= 11 is 1.64. The van der Waals surface area contributed by atoms with Crippen molar-refractivity contribution in [3.63, 3.8) is 0 Å². The van der Waals surface area contributed by atoms with Crippen LogP contribution >= 0.6 is 11.3 Å². The maximum atomic E-state index is 12.8. The van der Waals surface area contributed by atoms with Crippen molar-refractivity contribution >= 4 is 33.4 Å². The van der Waals surface area contributed by atoms with E-state index in [9.17, 15) is 9.59 Å². The van der Waals surface area contributed by atoms with Crippen LogP contribution in [0.2, 0.25) is 0 Å². The number of imidazole rings is 1. The summed E-state index contributed by atoms with van der Waals surface area (Å²) in [6, 6.07) is 18.1. The minimum Gasteiger partial charge on any atom is -0.359 e. The van der Waals surface area contributed by atoms with Gasteiger partial charge >= 0.3 is 0 Å². The molecule has 0 aliphatic carbocycles. The molecule has 0 spiro atoms. The number of H-pyrrole nitrogens is 1. The third-order valence-corrected chi connectivity index (χ3v) is 8.21. The lowest BCUT2D eigenvalue weighted by Gasteiger charge is -2.16. The summed E-state index contributed by atoms with van der Waals surface area (Å²) in [7, 11) is 1.66. The standard InChI is InChI=1S/C31H35N7O2S/c1-32-28(39)11-4-2-3-8-23(20-33-29(40)16-17-30-36-25-9-5-6-10-27(25)41-30)31-34-21-26(37-31)22-12-14-24(15-13-22)38-19-7-18-35-38/h5-7,9-10,12-15,18-19,21,23H,2-4,8,11,16-17,20H2,1H3,(H,32,39)(H,33,40)(H,34,37). The molecule has 5 rings (SSSR count). The summed E-state index contributed by atoms with van der Waals surface area (Å²) in [6.07, 6.45) is 10.7. The first-order valence-electron chi connectivity index (χ1n) is 14.1. The molecule has 0 bridgehead atoms. The predicted molar refractivity (Wildman–Crippen MR) is 162 cm³/mol. The van der Waals surface area contributed by atoms with Gasteiger partial charge in [-0.05, 0) is 48.7 Å². The number of fused-ring (bicyclic) bond motifs is 1. The second kappa shape index (κ2) is 13.8. The summed E-state index contributed by atoms with van der Waals surface area (Å²) in [4.78, 5) is 37.2. The van der Waals surface area contributed by atoms with E-state index in [1.54, 1.807) is 24.6 Å². The SMILES string of the molecule is CNC(=O)CCCCCC(CNC(=O)CCc1nc2ccccc2s1)c1ncc(-c2ccc(-n3cccn3)cc2)[nH]1. The van der Waals surface area contributed by atoms with Crippen LogP contribution in [0, 0.1) is 0 Å². The molecule has 0 radical (unpaired) electrons. The Morgan fingerprint density at radius 2 is 1.85 bits per heavy atom. The zero-order chi connectivity index (χ0) is 28.4. The van der Waals surface area contributed by atoms with E-state index in [0.29, 0.717) is 25.8 Å². The summed E-state index contributed by atoms with van der Waals surface area (Å²) in [5, 5.41) is 11.1. The molecule has 1 unspecified atom stereocenters. The number of unbranched alkanes of at least 4 members (excludes halogenated alkanes) is 2. The van der Waals surface area contributed by atoms with E-state index >= 15 is 0 Å². The Balaban J connectivity index is 1.20. The van der Waals surface area contributed by atoms with Crippen LogP contribution in [-0.2, 0) is 16.0 Å². The van der Waals surface area contributed by atoms with Crippen LogP contribution in [-0.4, -0.2) is 50.1 Å². The molecule has 3 aromatic heterocycles. The molecule has 2 amide bonds. The van der Waals surface area contributed by atoms with Crippen molar-refractivity contribution in [1.82, 2.24) is 35.4 Å². The third kappa shape index (κ3) is 7.67. The summed E-state index contributed by atoms with van der Waals surface area (Å²) in [5.41, 5.74) is 3.93. The fourth-order valence-corrected chi connectivity index (χ4v) is 5.76. The number of aromatic nitrogens is 5. The monoisotopic (exact) mass is 569 g/mol. The molecule has 0 saturated carbocycles. The Kier molecular flexibility index (Phi) is 9.53. The van der Waals surface area contributed by atoms with Crippen molar-refractivity contribution in [2.45, 2.75) is 50.9 Å². The lowest BCUT2D eigenvalue weighted by atomic mass is 9.99. The van der Waals surface area contributed by atoms with Crippen molar-refractivity contribution in [3.05, 3.63) is 84.0 Å². The van der Waals surface area contributed by atoms with Crippen LogP contribution in [0.3, 0.4) is 0 Å². The van der Waals surface area contributed by atoms with Crippen molar-refractivity contribution in [3.8, 4) is 16.9 Å². The van der Waals surface area contributed by atoms with Gasteiger partial charge in [-0.3, -0.25) is 9.59 Å².